The van der Waals surface area contributed by atoms with Gasteiger partial charge in [-0.25, -0.2) is 0 Å². The van der Waals surface area contributed by atoms with E-state index in [2.05, 4.69) is 18.6 Å². The molecule has 1 unspecified atom stereocenters. The second kappa shape index (κ2) is 2.88. The van der Waals surface area contributed by atoms with Crippen LogP contribution in [0.1, 0.15) is 13.3 Å². The molecule has 1 nitrogen and oxygen atoms in total. The van der Waals surface area contributed by atoms with E-state index in [9.17, 15) is 0 Å². The molecule has 0 amide bonds. The first-order valence-electron chi connectivity index (χ1n) is 3.01. The highest BCUT2D eigenvalue weighted by molar-refractivity contribution is 4.98. The van der Waals surface area contributed by atoms with Gasteiger partial charge in [-0.1, -0.05) is 19.1 Å². The van der Waals surface area contributed by atoms with E-state index in [0.29, 0.717) is 0 Å². The Bertz CT molecular complexity index is 86.4. The molecule has 0 aliphatic carbocycles. The highest BCUT2D eigenvalue weighted by atomic mass is 16.5. The molecule has 8 heavy (non-hydrogen) atoms. The van der Waals surface area contributed by atoms with Gasteiger partial charge < -0.3 is 4.74 Å². The van der Waals surface area contributed by atoms with Crippen molar-refractivity contribution in [2.24, 2.45) is 0 Å². The molecule has 1 heteroatoms. The first kappa shape index (κ1) is 5.83. The Labute approximate surface area is 50.3 Å². The largest absolute Gasteiger partial charge is 0.374 e. The third kappa shape index (κ3) is 1.34. The van der Waals surface area contributed by atoms with Gasteiger partial charge in [0.1, 0.15) is 0 Å². The minimum Gasteiger partial charge on any atom is -0.374 e. The predicted octanol–water partition coefficient (Wildman–Crippen LogP) is 1.56. The summed E-state index contributed by atoms with van der Waals surface area (Å²) in [6, 6.07) is 0. The predicted molar refractivity (Wildman–Crippen MR) is 33.5 cm³/mol. The van der Waals surface area contributed by atoms with E-state index in [-0.39, 0.29) is 6.10 Å². The maximum absolute atomic E-state index is 5.28. The molecule has 0 aromatic rings. The van der Waals surface area contributed by atoms with Crippen LogP contribution in [-0.2, 0) is 4.74 Å². The van der Waals surface area contributed by atoms with Crippen molar-refractivity contribution in [2.45, 2.75) is 19.4 Å². The van der Waals surface area contributed by atoms with Gasteiger partial charge >= 0.3 is 0 Å². The highest BCUT2D eigenvalue weighted by Crippen LogP contribution is 2.05. The lowest BCUT2D eigenvalue weighted by atomic mass is 10.2. The smallest absolute Gasteiger partial charge is 0.0785 e. The normalized spacial score (nSPS) is 28.4. The van der Waals surface area contributed by atoms with Gasteiger partial charge in [-0.05, 0) is 12.8 Å². The van der Waals surface area contributed by atoms with Crippen molar-refractivity contribution in [2.75, 3.05) is 6.61 Å². The zero-order chi connectivity index (χ0) is 5.82. The number of ether oxygens (including phenoxy) is 1. The zero-order valence-corrected chi connectivity index (χ0v) is 5.13. The molecule has 1 heterocycles. The summed E-state index contributed by atoms with van der Waals surface area (Å²) >= 11 is 0. The Morgan fingerprint density at radius 3 is 3.00 bits per heavy atom. The summed E-state index contributed by atoms with van der Waals surface area (Å²) in [5, 5.41) is 0. The van der Waals surface area contributed by atoms with Crippen LogP contribution in [0.4, 0.5) is 0 Å². The zero-order valence-electron chi connectivity index (χ0n) is 5.13. The maximum Gasteiger partial charge on any atom is 0.0785 e. The molecule has 1 rings (SSSR count). The molecule has 1 aliphatic heterocycles. The third-order valence-electron chi connectivity index (χ3n) is 1.25. The van der Waals surface area contributed by atoms with Crippen LogP contribution in [-0.4, -0.2) is 12.7 Å². The standard InChI is InChI=1S/C7H11O/c1-2-7-5-3-4-6-8-7/h2-3,5,7H,4,6H2,1H3. The third-order valence-corrected chi connectivity index (χ3v) is 1.25. The lowest BCUT2D eigenvalue weighted by Gasteiger charge is -2.14. The lowest BCUT2D eigenvalue weighted by molar-refractivity contribution is 0.101. The van der Waals surface area contributed by atoms with Crippen LogP contribution < -0.4 is 0 Å². The van der Waals surface area contributed by atoms with E-state index in [4.69, 9.17) is 4.74 Å². The topological polar surface area (TPSA) is 9.23 Å². The molecule has 45 valence electrons. The van der Waals surface area contributed by atoms with Gasteiger partial charge in [-0.3, -0.25) is 0 Å². The van der Waals surface area contributed by atoms with Crippen LogP contribution in [0.15, 0.2) is 12.2 Å². The van der Waals surface area contributed by atoms with Crippen molar-refractivity contribution >= 4 is 0 Å². The van der Waals surface area contributed by atoms with Crippen LogP contribution in [0.25, 0.3) is 0 Å². The van der Waals surface area contributed by atoms with Crippen molar-refractivity contribution in [1.29, 1.82) is 0 Å². The summed E-state index contributed by atoms with van der Waals surface area (Å²) in [5.74, 6) is 0. The monoisotopic (exact) mass is 111 g/mol. The molecule has 0 saturated carbocycles. The minimum absolute atomic E-state index is 0.281. The summed E-state index contributed by atoms with van der Waals surface area (Å²) in [7, 11) is 0. The molecule has 1 atom stereocenters. The van der Waals surface area contributed by atoms with E-state index >= 15 is 0 Å². The fraction of sp³-hybridized carbons (Fsp3) is 0.571. The molecule has 1 radical (unpaired) electrons. The van der Waals surface area contributed by atoms with Crippen LogP contribution >= 0.6 is 0 Å². The lowest BCUT2D eigenvalue weighted by Crippen LogP contribution is -2.12. The molecule has 0 N–H and O–H groups in total. The summed E-state index contributed by atoms with van der Waals surface area (Å²) in [5.41, 5.74) is 0. The van der Waals surface area contributed by atoms with Gasteiger partial charge in [0.25, 0.3) is 0 Å². The Hall–Kier alpha value is -0.300. The molecule has 0 bridgehead atoms. The van der Waals surface area contributed by atoms with Gasteiger partial charge in [0.15, 0.2) is 0 Å². The second-order valence-electron chi connectivity index (χ2n) is 1.89. The first-order chi connectivity index (χ1) is 3.93. The number of hydrogen-bond acceptors (Lipinski definition) is 1. The Morgan fingerprint density at radius 2 is 2.62 bits per heavy atom. The van der Waals surface area contributed by atoms with Gasteiger partial charge in [-0.15, -0.1) is 0 Å². The van der Waals surface area contributed by atoms with E-state index in [1.54, 1.807) is 0 Å². The molecular weight excluding hydrogens is 100 g/mol. The quantitative estimate of drug-likeness (QED) is 0.466. The average molecular weight is 111 g/mol. The van der Waals surface area contributed by atoms with E-state index < -0.39 is 0 Å². The SMILES string of the molecule is C[CH]C1C=CCCO1. The summed E-state index contributed by atoms with van der Waals surface area (Å²) in [6.45, 7) is 2.89. The highest BCUT2D eigenvalue weighted by Gasteiger charge is 2.03. The van der Waals surface area contributed by atoms with Crippen LogP contribution in [0, 0.1) is 6.42 Å². The van der Waals surface area contributed by atoms with Crippen LogP contribution in [0.5, 0.6) is 0 Å². The first-order valence-corrected chi connectivity index (χ1v) is 3.01. The van der Waals surface area contributed by atoms with Crippen LogP contribution in [0.3, 0.4) is 0 Å². The molecule has 0 aromatic heterocycles. The van der Waals surface area contributed by atoms with Gasteiger partial charge in [0.05, 0.1) is 12.7 Å². The fourth-order valence-corrected chi connectivity index (χ4v) is 0.765. The Balaban J connectivity index is 2.32. The molecule has 0 fully saturated rings. The second-order valence-corrected chi connectivity index (χ2v) is 1.89. The fourth-order valence-electron chi connectivity index (χ4n) is 0.765. The molecule has 0 aromatic carbocycles. The van der Waals surface area contributed by atoms with Gasteiger partial charge in [0, 0.05) is 0 Å². The Kier molecular flexibility index (Phi) is 2.10. The van der Waals surface area contributed by atoms with Crippen molar-refractivity contribution in [3.63, 3.8) is 0 Å². The van der Waals surface area contributed by atoms with Crippen LogP contribution in [0.2, 0.25) is 0 Å². The van der Waals surface area contributed by atoms with Crippen molar-refractivity contribution < 1.29 is 4.74 Å². The summed E-state index contributed by atoms with van der Waals surface area (Å²) in [4.78, 5) is 0. The van der Waals surface area contributed by atoms with E-state index in [0.717, 1.165) is 13.0 Å². The Morgan fingerprint density at radius 1 is 1.75 bits per heavy atom. The van der Waals surface area contributed by atoms with Crippen molar-refractivity contribution in [3.05, 3.63) is 18.6 Å². The van der Waals surface area contributed by atoms with Crippen molar-refractivity contribution in [1.82, 2.24) is 0 Å². The molecule has 0 saturated heterocycles. The number of hydrogen-bond donors (Lipinski definition) is 0. The van der Waals surface area contributed by atoms with Crippen molar-refractivity contribution in [3.8, 4) is 0 Å². The summed E-state index contributed by atoms with van der Waals surface area (Å²) < 4.78 is 5.28. The summed E-state index contributed by atoms with van der Waals surface area (Å²) in [6.07, 6.45) is 7.65. The van der Waals surface area contributed by atoms with E-state index in [1.807, 2.05) is 6.92 Å². The molecule has 0 spiro atoms. The average Bonchev–Trinajstić information content (AvgIpc) is 1.90. The molecular formula is C7H11O. The number of rotatable bonds is 1. The molecule has 1 aliphatic rings. The van der Waals surface area contributed by atoms with E-state index in [1.165, 1.54) is 0 Å². The maximum atomic E-state index is 5.28. The van der Waals surface area contributed by atoms with Gasteiger partial charge in [-0.2, -0.15) is 0 Å². The van der Waals surface area contributed by atoms with Gasteiger partial charge in [0.2, 0.25) is 0 Å². The minimum atomic E-state index is 0.281.